The molecule has 0 saturated carbocycles. The van der Waals surface area contributed by atoms with Crippen molar-refractivity contribution in [3.8, 4) is 5.75 Å². The zero-order chi connectivity index (χ0) is 19.6. The number of nitrogens with one attached hydrogen (secondary N) is 1. The number of anilines is 1. The average molecular weight is 402 g/mol. The van der Waals surface area contributed by atoms with E-state index < -0.39 is 30.0 Å². The van der Waals surface area contributed by atoms with E-state index in [9.17, 15) is 22.8 Å². The maximum atomic E-state index is 12.8. The largest absolute Gasteiger partial charge is 0.573 e. The first-order valence-corrected chi connectivity index (χ1v) is 9.07. The van der Waals surface area contributed by atoms with E-state index in [2.05, 4.69) is 15.0 Å². The van der Waals surface area contributed by atoms with Crippen LogP contribution < -0.4 is 20.7 Å². The fraction of sp³-hybridized carbons (Fsp3) is 0.438. The van der Waals surface area contributed by atoms with Crippen molar-refractivity contribution in [1.29, 1.82) is 0 Å². The molecular formula is C16H17F3N4O3S. The number of alkyl halides is 3. The summed E-state index contributed by atoms with van der Waals surface area (Å²) in [6.07, 6.45) is -3.45. The monoisotopic (exact) mass is 402 g/mol. The Hall–Kier alpha value is -2.24. The van der Waals surface area contributed by atoms with E-state index in [-0.39, 0.29) is 18.1 Å². The predicted molar refractivity (Wildman–Crippen MR) is 93.5 cm³/mol. The molecule has 0 unspecified atom stereocenters. The predicted octanol–water partition coefficient (Wildman–Crippen LogP) is 2.16. The molecule has 1 aliphatic rings. The van der Waals surface area contributed by atoms with E-state index in [0.717, 1.165) is 28.7 Å². The van der Waals surface area contributed by atoms with Gasteiger partial charge >= 0.3 is 6.36 Å². The van der Waals surface area contributed by atoms with E-state index in [1.165, 1.54) is 12.1 Å². The van der Waals surface area contributed by atoms with Crippen molar-refractivity contribution in [3.05, 3.63) is 18.2 Å². The molecular weight excluding hydrogens is 385 g/mol. The van der Waals surface area contributed by atoms with E-state index in [4.69, 9.17) is 5.73 Å². The van der Waals surface area contributed by atoms with Crippen molar-refractivity contribution in [1.82, 2.24) is 10.3 Å². The molecule has 0 aliphatic carbocycles. The van der Waals surface area contributed by atoms with Gasteiger partial charge in [0.15, 0.2) is 5.13 Å². The topological polar surface area (TPSA) is 97.6 Å². The van der Waals surface area contributed by atoms with Crippen LogP contribution in [0.3, 0.4) is 0 Å². The number of halogens is 3. The number of ether oxygens (including phenoxy) is 1. The number of nitrogens with zero attached hydrogens (tertiary/aromatic N) is 2. The molecule has 3 rings (SSSR count). The first-order chi connectivity index (χ1) is 12.8. The lowest BCUT2D eigenvalue weighted by molar-refractivity contribution is -0.274. The summed E-state index contributed by atoms with van der Waals surface area (Å²) in [5, 5.41) is 3.13. The first kappa shape index (κ1) is 19.5. The molecule has 2 heterocycles. The third kappa shape index (κ3) is 4.54. The number of aromatic nitrogens is 1. The Morgan fingerprint density at radius 3 is 2.81 bits per heavy atom. The Morgan fingerprint density at radius 1 is 1.41 bits per heavy atom. The number of hydrogen-bond donors (Lipinski definition) is 2. The second kappa shape index (κ2) is 7.79. The van der Waals surface area contributed by atoms with Gasteiger partial charge in [-0.2, -0.15) is 0 Å². The summed E-state index contributed by atoms with van der Waals surface area (Å²) in [4.78, 5) is 30.5. The lowest BCUT2D eigenvalue weighted by Gasteiger charge is -2.21. The van der Waals surface area contributed by atoms with Gasteiger partial charge in [-0.05, 0) is 31.5 Å². The molecule has 27 heavy (non-hydrogen) atoms. The standard InChI is InChI=1S/C16H17F3N4O3S/c17-16(18,19)26-9-3-4-10-12(8-9)27-15(22-10)23(13(24)5-6-20)14(25)11-2-1-7-21-11/h3-4,8,11,21H,1-2,5-7,20H2/t11-/m0/s1. The van der Waals surface area contributed by atoms with Gasteiger partial charge in [0, 0.05) is 19.0 Å². The molecule has 11 heteroatoms. The second-order valence-electron chi connectivity index (χ2n) is 5.93. The highest BCUT2D eigenvalue weighted by Gasteiger charge is 2.34. The molecule has 1 aliphatic heterocycles. The van der Waals surface area contributed by atoms with Crippen LogP contribution in [0.25, 0.3) is 10.2 Å². The number of thiazole rings is 1. The number of nitrogens with two attached hydrogens (primary N) is 1. The van der Waals surface area contributed by atoms with Crippen LogP contribution in [0.4, 0.5) is 18.3 Å². The molecule has 0 spiro atoms. The fourth-order valence-corrected chi connectivity index (χ4v) is 3.81. The van der Waals surface area contributed by atoms with E-state index >= 15 is 0 Å². The number of carbonyl (C=O) groups is 2. The van der Waals surface area contributed by atoms with Gasteiger partial charge in [-0.3, -0.25) is 9.59 Å². The van der Waals surface area contributed by atoms with Crippen LogP contribution in [0, 0.1) is 0 Å². The van der Waals surface area contributed by atoms with Gasteiger partial charge in [0.2, 0.25) is 5.91 Å². The van der Waals surface area contributed by atoms with Gasteiger partial charge in [0.05, 0.1) is 16.3 Å². The summed E-state index contributed by atoms with van der Waals surface area (Å²) >= 11 is 0.944. The molecule has 7 nitrogen and oxygen atoms in total. The zero-order valence-corrected chi connectivity index (χ0v) is 14.9. The van der Waals surface area contributed by atoms with Gasteiger partial charge in [-0.1, -0.05) is 11.3 Å². The summed E-state index contributed by atoms with van der Waals surface area (Å²) < 4.78 is 41.4. The van der Waals surface area contributed by atoms with E-state index in [1.54, 1.807) is 0 Å². The molecule has 1 saturated heterocycles. The normalized spacial score (nSPS) is 17.3. The third-order valence-corrected chi connectivity index (χ3v) is 4.96. The fourth-order valence-electron chi connectivity index (χ4n) is 2.80. The molecule has 1 aromatic heterocycles. The average Bonchev–Trinajstić information content (AvgIpc) is 3.22. The number of carbonyl (C=O) groups excluding carboxylic acids is 2. The Kier molecular flexibility index (Phi) is 5.63. The summed E-state index contributed by atoms with van der Waals surface area (Å²) in [7, 11) is 0. The van der Waals surface area contributed by atoms with Gasteiger partial charge in [0.25, 0.3) is 5.91 Å². The summed E-state index contributed by atoms with van der Waals surface area (Å²) in [5.41, 5.74) is 5.80. The number of imide groups is 1. The van der Waals surface area contributed by atoms with Crippen molar-refractivity contribution in [3.63, 3.8) is 0 Å². The van der Waals surface area contributed by atoms with Crippen molar-refractivity contribution in [2.45, 2.75) is 31.7 Å². The Balaban J connectivity index is 1.94. The number of fused-ring (bicyclic) bond motifs is 1. The summed E-state index contributed by atoms with van der Waals surface area (Å²) in [6, 6.07) is 3.16. The summed E-state index contributed by atoms with van der Waals surface area (Å²) in [6.45, 7) is 0.739. The minimum absolute atomic E-state index is 0.0448. The minimum atomic E-state index is -4.81. The van der Waals surface area contributed by atoms with E-state index in [0.29, 0.717) is 23.2 Å². The molecule has 1 atom stereocenters. The van der Waals surface area contributed by atoms with Crippen LogP contribution in [-0.4, -0.2) is 42.3 Å². The molecule has 3 N–H and O–H groups in total. The summed E-state index contributed by atoms with van der Waals surface area (Å²) in [5.74, 6) is -1.33. The van der Waals surface area contributed by atoms with Gasteiger partial charge < -0.3 is 15.8 Å². The maximum Gasteiger partial charge on any atom is 0.573 e. The van der Waals surface area contributed by atoms with Crippen LogP contribution in [0.2, 0.25) is 0 Å². The quantitative estimate of drug-likeness (QED) is 0.796. The Morgan fingerprint density at radius 2 is 2.19 bits per heavy atom. The van der Waals surface area contributed by atoms with Crippen molar-refractivity contribution >= 4 is 38.5 Å². The van der Waals surface area contributed by atoms with E-state index in [1.807, 2.05) is 0 Å². The highest BCUT2D eigenvalue weighted by molar-refractivity contribution is 7.22. The number of amides is 2. The highest BCUT2D eigenvalue weighted by Crippen LogP contribution is 2.34. The number of benzene rings is 1. The Labute approximate surface area is 156 Å². The van der Waals surface area contributed by atoms with Crippen molar-refractivity contribution < 1.29 is 27.5 Å². The molecule has 1 aromatic carbocycles. The van der Waals surface area contributed by atoms with Gasteiger partial charge in [-0.25, -0.2) is 9.88 Å². The maximum absolute atomic E-state index is 12.8. The molecule has 0 bridgehead atoms. The van der Waals surface area contributed by atoms with Crippen molar-refractivity contribution in [2.75, 3.05) is 18.0 Å². The molecule has 146 valence electrons. The number of rotatable bonds is 5. The van der Waals surface area contributed by atoms with Gasteiger partial charge in [-0.15, -0.1) is 13.2 Å². The van der Waals surface area contributed by atoms with Gasteiger partial charge in [0.1, 0.15) is 5.75 Å². The first-order valence-electron chi connectivity index (χ1n) is 8.25. The molecule has 0 radical (unpaired) electrons. The van der Waals surface area contributed by atoms with Crippen LogP contribution in [-0.2, 0) is 9.59 Å². The third-order valence-electron chi connectivity index (χ3n) is 3.96. The second-order valence-corrected chi connectivity index (χ2v) is 6.94. The van der Waals surface area contributed by atoms with Crippen molar-refractivity contribution in [2.24, 2.45) is 5.73 Å². The van der Waals surface area contributed by atoms with Crippen LogP contribution in [0.15, 0.2) is 18.2 Å². The van der Waals surface area contributed by atoms with Crippen LogP contribution in [0.5, 0.6) is 5.75 Å². The lowest BCUT2D eigenvalue weighted by Crippen LogP contribution is -2.47. The number of hydrogen-bond acceptors (Lipinski definition) is 7. The van der Waals surface area contributed by atoms with Crippen LogP contribution in [0.1, 0.15) is 19.3 Å². The highest BCUT2D eigenvalue weighted by atomic mass is 32.1. The lowest BCUT2D eigenvalue weighted by atomic mass is 10.2. The smallest absolute Gasteiger partial charge is 0.406 e. The molecule has 2 aromatic rings. The zero-order valence-electron chi connectivity index (χ0n) is 14.1. The molecule has 1 fully saturated rings. The van der Waals surface area contributed by atoms with Crippen LogP contribution >= 0.6 is 11.3 Å². The molecule has 2 amide bonds. The SMILES string of the molecule is NCCC(=O)N(C(=O)[C@@H]1CCCN1)c1nc2ccc(OC(F)(F)F)cc2s1. The minimum Gasteiger partial charge on any atom is -0.406 e. The Bertz CT molecular complexity index is 849.